The summed E-state index contributed by atoms with van der Waals surface area (Å²) in [6.45, 7) is 5.74. The molecule has 1 N–H and O–H groups in total. The first kappa shape index (κ1) is 21.3. The second kappa shape index (κ2) is 8.54. The van der Waals surface area contributed by atoms with Crippen molar-refractivity contribution in [2.24, 2.45) is 0 Å². The minimum atomic E-state index is -0.803. The lowest BCUT2D eigenvalue weighted by molar-refractivity contribution is -0.385. The number of nitrogens with one attached hydrogen (secondary N) is 1. The van der Waals surface area contributed by atoms with Crippen molar-refractivity contribution in [2.45, 2.75) is 33.4 Å². The van der Waals surface area contributed by atoms with E-state index in [0.717, 1.165) is 11.3 Å². The van der Waals surface area contributed by atoms with Crippen molar-refractivity contribution in [3.8, 4) is 5.88 Å². The van der Waals surface area contributed by atoms with Crippen LogP contribution >= 0.6 is 11.6 Å². The van der Waals surface area contributed by atoms with Crippen LogP contribution in [0.25, 0.3) is 0 Å². The van der Waals surface area contributed by atoms with E-state index in [-0.39, 0.29) is 17.5 Å². The standard InChI is InChI=1S/C19H21ClN6O4/c1-11-17(12(2)24(22-11)9-14-6-5-7-15(20)8-14)21-18(27)13(3)25-10-16(26(28)29)19(23-25)30-4/h5-8,10,13H,9H2,1-4H3,(H,21,27). The summed E-state index contributed by atoms with van der Waals surface area (Å²) in [7, 11) is 1.28. The number of nitro groups is 1. The van der Waals surface area contributed by atoms with Crippen LogP contribution in [0.5, 0.6) is 5.88 Å². The highest BCUT2D eigenvalue weighted by Crippen LogP contribution is 2.27. The minimum Gasteiger partial charge on any atom is -0.475 e. The van der Waals surface area contributed by atoms with Crippen LogP contribution in [0.4, 0.5) is 11.4 Å². The Bertz CT molecular complexity index is 1110. The fourth-order valence-electron chi connectivity index (χ4n) is 3.02. The number of amides is 1. The first-order valence-corrected chi connectivity index (χ1v) is 9.46. The Morgan fingerprint density at radius 3 is 2.70 bits per heavy atom. The Morgan fingerprint density at radius 1 is 1.37 bits per heavy atom. The molecule has 30 heavy (non-hydrogen) atoms. The number of rotatable bonds is 7. The van der Waals surface area contributed by atoms with Crippen molar-refractivity contribution < 1.29 is 14.5 Å². The lowest BCUT2D eigenvalue weighted by Crippen LogP contribution is -2.24. The van der Waals surface area contributed by atoms with E-state index in [9.17, 15) is 14.9 Å². The normalized spacial score (nSPS) is 11.9. The van der Waals surface area contributed by atoms with E-state index in [4.69, 9.17) is 16.3 Å². The number of carbonyl (C=O) groups is 1. The van der Waals surface area contributed by atoms with E-state index in [2.05, 4.69) is 15.5 Å². The van der Waals surface area contributed by atoms with Crippen molar-refractivity contribution in [2.75, 3.05) is 12.4 Å². The number of benzene rings is 1. The van der Waals surface area contributed by atoms with Crippen LogP contribution in [0.2, 0.25) is 5.02 Å². The summed E-state index contributed by atoms with van der Waals surface area (Å²) < 4.78 is 7.90. The molecule has 1 atom stereocenters. The van der Waals surface area contributed by atoms with E-state index >= 15 is 0 Å². The highest BCUT2D eigenvalue weighted by molar-refractivity contribution is 6.30. The molecule has 3 aromatic rings. The van der Waals surface area contributed by atoms with Gasteiger partial charge in [-0.3, -0.25) is 19.6 Å². The molecule has 0 radical (unpaired) electrons. The van der Waals surface area contributed by atoms with Crippen LogP contribution in [0.15, 0.2) is 30.5 Å². The first-order valence-electron chi connectivity index (χ1n) is 9.08. The second-order valence-electron chi connectivity index (χ2n) is 6.76. The summed E-state index contributed by atoms with van der Waals surface area (Å²) >= 11 is 6.05. The summed E-state index contributed by atoms with van der Waals surface area (Å²) in [6.07, 6.45) is 1.17. The van der Waals surface area contributed by atoms with Crippen molar-refractivity contribution >= 4 is 28.9 Å². The Labute approximate surface area is 177 Å². The van der Waals surface area contributed by atoms with Gasteiger partial charge in [-0.05, 0) is 38.5 Å². The fraction of sp³-hybridized carbons (Fsp3) is 0.316. The molecule has 11 heteroatoms. The van der Waals surface area contributed by atoms with Gasteiger partial charge in [-0.15, -0.1) is 5.10 Å². The van der Waals surface area contributed by atoms with Gasteiger partial charge in [0.15, 0.2) is 0 Å². The Balaban J connectivity index is 1.80. The molecule has 0 aliphatic carbocycles. The van der Waals surface area contributed by atoms with E-state index in [0.29, 0.717) is 22.9 Å². The largest absolute Gasteiger partial charge is 0.475 e. The molecule has 158 valence electrons. The van der Waals surface area contributed by atoms with Gasteiger partial charge in [0.1, 0.15) is 12.2 Å². The van der Waals surface area contributed by atoms with Crippen molar-refractivity contribution in [3.63, 3.8) is 0 Å². The van der Waals surface area contributed by atoms with Crippen LogP contribution in [-0.4, -0.2) is 37.5 Å². The maximum Gasteiger partial charge on any atom is 0.350 e. The van der Waals surface area contributed by atoms with E-state index in [1.165, 1.54) is 18.0 Å². The number of methoxy groups -OCH3 is 1. The fourth-order valence-corrected chi connectivity index (χ4v) is 3.24. The van der Waals surface area contributed by atoms with Gasteiger partial charge in [0.25, 0.3) is 0 Å². The number of hydrogen-bond donors (Lipinski definition) is 1. The third-order valence-corrected chi connectivity index (χ3v) is 4.93. The van der Waals surface area contributed by atoms with Gasteiger partial charge in [0.05, 0.1) is 35.7 Å². The van der Waals surface area contributed by atoms with E-state index in [1.54, 1.807) is 24.6 Å². The lowest BCUT2D eigenvalue weighted by Gasteiger charge is -2.13. The predicted molar refractivity (Wildman–Crippen MR) is 111 cm³/mol. The van der Waals surface area contributed by atoms with Crippen molar-refractivity contribution in [1.29, 1.82) is 0 Å². The minimum absolute atomic E-state index is 0.152. The molecule has 10 nitrogen and oxygen atoms in total. The van der Waals surface area contributed by atoms with Gasteiger partial charge >= 0.3 is 11.6 Å². The van der Waals surface area contributed by atoms with Gasteiger partial charge in [-0.1, -0.05) is 23.7 Å². The molecule has 0 fully saturated rings. The molecular weight excluding hydrogens is 412 g/mol. The molecule has 1 amide bonds. The zero-order chi connectivity index (χ0) is 22.0. The highest BCUT2D eigenvalue weighted by atomic mass is 35.5. The maximum absolute atomic E-state index is 12.8. The zero-order valence-electron chi connectivity index (χ0n) is 16.9. The molecule has 3 rings (SSSR count). The average molecular weight is 433 g/mol. The number of hydrogen-bond acceptors (Lipinski definition) is 6. The summed E-state index contributed by atoms with van der Waals surface area (Å²) in [6, 6.07) is 6.67. The van der Waals surface area contributed by atoms with Crippen LogP contribution in [0.1, 0.15) is 29.9 Å². The van der Waals surface area contributed by atoms with Gasteiger partial charge < -0.3 is 10.1 Å². The molecule has 0 aliphatic rings. The van der Waals surface area contributed by atoms with Gasteiger partial charge in [-0.25, -0.2) is 4.68 Å². The summed E-state index contributed by atoms with van der Waals surface area (Å²) in [5.74, 6) is -0.537. The molecule has 0 bridgehead atoms. The number of halogens is 1. The number of anilines is 1. The molecule has 0 spiro atoms. The van der Waals surface area contributed by atoms with Crippen molar-refractivity contribution in [3.05, 3.63) is 62.6 Å². The predicted octanol–water partition coefficient (Wildman–Crippen LogP) is 3.51. The molecule has 0 saturated heterocycles. The molecule has 2 aromatic heterocycles. The molecule has 2 heterocycles. The SMILES string of the molecule is COc1nn(C(C)C(=O)Nc2c(C)nn(Cc3cccc(Cl)c3)c2C)cc1[N+](=O)[O-]. The third kappa shape index (κ3) is 4.28. The number of carbonyl (C=O) groups excluding carboxylic acids is 1. The molecule has 1 aromatic carbocycles. The smallest absolute Gasteiger partial charge is 0.350 e. The first-order chi connectivity index (χ1) is 14.2. The second-order valence-corrected chi connectivity index (χ2v) is 7.20. The summed E-state index contributed by atoms with van der Waals surface area (Å²) in [5.41, 5.74) is 2.69. The number of ether oxygens (including phenoxy) is 1. The third-order valence-electron chi connectivity index (χ3n) is 4.70. The lowest BCUT2D eigenvalue weighted by atomic mass is 10.2. The van der Waals surface area contributed by atoms with Gasteiger partial charge in [0, 0.05) is 5.02 Å². The quantitative estimate of drug-likeness (QED) is 0.451. The van der Waals surface area contributed by atoms with Crippen LogP contribution in [-0.2, 0) is 11.3 Å². The molecule has 0 aliphatic heterocycles. The average Bonchev–Trinajstić information content (AvgIpc) is 3.24. The highest BCUT2D eigenvalue weighted by Gasteiger charge is 2.26. The van der Waals surface area contributed by atoms with Gasteiger partial charge in [0.2, 0.25) is 5.91 Å². The van der Waals surface area contributed by atoms with Crippen LogP contribution < -0.4 is 10.1 Å². The molecule has 0 saturated carbocycles. The molecule has 1 unspecified atom stereocenters. The monoisotopic (exact) mass is 432 g/mol. The summed E-state index contributed by atoms with van der Waals surface area (Å²) in [5, 5.41) is 23.1. The van der Waals surface area contributed by atoms with Crippen molar-refractivity contribution in [1.82, 2.24) is 19.6 Å². The topological polar surface area (TPSA) is 117 Å². The number of nitrogens with zero attached hydrogens (tertiary/aromatic N) is 5. The number of aromatic nitrogens is 4. The van der Waals surface area contributed by atoms with E-state index < -0.39 is 11.0 Å². The Morgan fingerprint density at radius 2 is 2.10 bits per heavy atom. The Kier molecular flexibility index (Phi) is 6.06. The molecular formula is C19H21ClN6O4. The van der Waals surface area contributed by atoms with Crippen LogP contribution in [0.3, 0.4) is 0 Å². The van der Waals surface area contributed by atoms with E-state index in [1.807, 2.05) is 25.1 Å². The Hall–Kier alpha value is -3.40. The summed E-state index contributed by atoms with van der Waals surface area (Å²) in [4.78, 5) is 23.3. The number of aryl methyl sites for hydroxylation is 1. The maximum atomic E-state index is 12.8. The van der Waals surface area contributed by atoms with Gasteiger partial charge in [-0.2, -0.15) is 5.10 Å². The zero-order valence-corrected chi connectivity index (χ0v) is 17.7. The van der Waals surface area contributed by atoms with Crippen LogP contribution in [0, 0.1) is 24.0 Å².